The fourth-order valence-corrected chi connectivity index (χ4v) is 10.7. The number of aromatic nitrogens is 2. The lowest BCUT2D eigenvalue weighted by atomic mass is 9.84. The van der Waals surface area contributed by atoms with Crippen molar-refractivity contribution in [3.05, 3.63) is 94.4 Å². The number of anilines is 1. The molecule has 0 radical (unpaired) electrons. The Labute approximate surface area is 490 Å². The van der Waals surface area contributed by atoms with Gasteiger partial charge in [-0.05, 0) is 99.9 Å². The van der Waals surface area contributed by atoms with Crippen molar-refractivity contribution in [1.29, 1.82) is 0 Å². The first kappa shape index (κ1) is 64.7. The molecule has 4 aliphatic rings. The molecule has 2 aliphatic carbocycles. The molecule has 4 aromatic rings. The van der Waals surface area contributed by atoms with Gasteiger partial charge in [0.05, 0.1) is 143 Å². The number of piperazine rings is 1. The number of hydrogen-bond acceptors (Lipinski definition) is 17. The molecule has 5 atom stereocenters. The second kappa shape index (κ2) is 33.0. The van der Waals surface area contributed by atoms with E-state index in [-0.39, 0.29) is 53.3 Å². The summed E-state index contributed by atoms with van der Waals surface area (Å²) in [5.41, 5.74) is 2.40. The monoisotopic (exact) mass is 1180 g/mol. The largest absolute Gasteiger partial charge is 0.491 e. The Hall–Kier alpha value is -5.30. The molecule has 8 rings (SSSR count). The van der Waals surface area contributed by atoms with Gasteiger partial charge in [-0.25, -0.2) is 4.98 Å². The highest BCUT2D eigenvalue weighted by atomic mass is 19.4. The van der Waals surface area contributed by atoms with Crippen molar-refractivity contribution in [2.24, 2.45) is 17.8 Å². The van der Waals surface area contributed by atoms with E-state index in [2.05, 4.69) is 32.4 Å². The van der Waals surface area contributed by atoms with E-state index in [1.165, 1.54) is 12.1 Å². The van der Waals surface area contributed by atoms with Crippen LogP contribution in [0.1, 0.15) is 65.0 Å². The van der Waals surface area contributed by atoms with Gasteiger partial charge >= 0.3 is 6.18 Å². The van der Waals surface area contributed by atoms with Gasteiger partial charge in [0.1, 0.15) is 23.7 Å². The van der Waals surface area contributed by atoms with Gasteiger partial charge in [0.2, 0.25) is 5.91 Å². The molecule has 23 heteroatoms. The third-order valence-corrected chi connectivity index (χ3v) is 15.0. The highest BCUT2D eigenvalue weighted by Gasteiger charge is 2.61. The third-order valence-electron chi connectivity index (χ3n) is 15.0. The Morgan fingerprint density at radius 2 is 1.26 bits per heavy atom. The number of nitrogens with one attached hydrogen (secondary N) is 2. The summed E-state index contributed by atoms with van der Waals surface area (Å²) in [6, 6.07) is 12.6. The lowest BCUT2D eigenvalue weighted by molar-refractivity contribution is -0.158. The molecule has 2 saturated heterocycles. The Morgan fingerprint density at radius 1 is 0.690 bits per heavy atom. The van der Waals surface area contributed by atoms with Crippen LogP contribution < -0.4 is 15.4 Å². The molecule has 2 amide bonds. The van der Waals surface area contributed by atoms with Crippen molar-refractivity contribution in [3.63, 3.8) is 0 Å². The first-order valence-electron chi connectivity index (χ1n) is 29.2. The van der Waals surface area contributed by atoms with Crippen LogP contribution in [0.25, 0.3) is 5.65 Å². The van der Waals surface area contributed by atoms with E-state index in [0.29, 0.717) is 174 Å². The van der Waals surface area contributed by atoms with Crippen LogP contribution >= 0.6 is 0 Å². The zero-order chi connectivity index (χ0) is 59.2. The second-order valence-corrected chi connectivity index (χ2v) is 21.6. The molecule has 2 aliphatic heterocycles. The van der Waals surface area contributed by atoms with Crippen LogP contribution in [0.4, 0.5) is 18.9 Å². The third kappa shape index (κ3) is 20.1. The van der Waals surface area contributed by atoms with Crippen molar-refractivity contribution in [2.75, 3.05) is 171 Å². The number of carbonyl (C=O) groups excluding carboxylic acids is 2. The fourth-order valence-electron chi connectivity index (χ4n) is 10.7. The normalized spacial score (nSPS) is 20.3. The number of halogens is 3. The first-order chi connectivity index (χ1) is 40.7. The zero-order valence-corrected chi connectivity index (χ0v) is 48.9. The highest BCUT2D eigenvalue weighted by Crippen LogP contribution is 2.55. The maximum atomic E-state index is 14.2. The summed E-state index contributed by atoms with van der Waals surface area (Å²) >= 11 is 0. The van der Waals surface area contributed by atoms with Gasteiger partial charge in [-0.3, -0.25) is 18.9 Å². The van der Waals surface area contributed by atoms with Gasteiger partial charge < -0.3 is 72.4 Å². The van der Waals surface area contributed by atoms with Crippen molar-refractivity contribution in [2.45, 2.75) is 64.3 Å². The van der Waals surface area contributed by atoms with E-state index in [9.17, 15) is 22.8 Å². The summed E-state index contributed by atoms with van der Waals surface area (Å²) in [4.78, 5) is 34.8. The van der Waals surface area contributed by atoms with Gasteiger partial charge in [-0.1, -0.05) is 18.1 Å². The van der Waals surface area contributed by atoms with Crippen molar-refractivity contribution < 1.29 is 79.6 Å². The molecule has 4 fully saturated rings. The lowest BCUT2D eigenvalue weighted by Crippen LogP contribution is -2.44. The van der Waals surface area contributed by atoms with Crippen LogP contribution in [-0.2, 0) is 69.6 Å². The minimum Gasteiger partial charge on any atom is -0.491 e. The number of nitrogens with zero attached hydrogens (tertiary/aromatic N) is 4. The number of rotatable bonds is 36. The predicted octanol–water partition coefficient (Wildman–Crippen LogP) is 5.88. The number of amides is 2. The quantitative estimate of drug-likeness (QED) is 0.0405. The molecule has 2 bridgehead atoms. The number of carbonyl (C=O) groups is 2. The Kier molecular flexibility index (Phi) is 25.4. The summed E-state index contributed by atoms with van der Waals surface area (Å²) in [6.45, 7) is 17.7. The smallest absolute Gasteiger partial charge is 0.416 e. The first-order valence-corrected chi connectivity index (χ1v) is 29.2. The molecule has 2 aromatic heterocycles. The van der Waals surface area contributed by atoms with Crippen molar-refractivity contribution in [3.8, 4) is 17.6 Å². The molecule has 84 heavy (non-hydrogen) atoms. The standard InChI is InChI=1S/C61H83F3N6O14/c1-44-5-6-46(58(71)67-49-9-7-47(54(40-49)61(62,63)64)43-69-16-14-68(4)15-17-69)37-45(44)8-10-50-42-66-55-41-51(11-13-70(50)55)82-36-35-81-34-33-80-32-31-79-30-29-78-28-27-77-26-25-76-24-23-75-22-21-74-20-19-73-18-12-65-59(72)53-39-48-38-52(53)57-56(48)83-60(2,3)84-57/h5-7,9,11,13,37,40-42,48,52-53,56-57H,12,14-36,38-39,43H2,1-4H3,(H,65,72)(H,67,71). The number of imidazole rings is 1. The Balaban J connectivity index is 0.566. The summed E-state index contributed by atoms with van der Waals surface area (Å²) in [5.74, 6) is 6.48. The van der Waals surface area contributed by atoms with E-state index >= 15 is 0 Å². The maximum Gasteiger partial charge on any atom is 0.416 e. The fraction of sp³-hybridized carbons (Fsp3) is 0.623. The number of benzene rings is 2. The molecule has 2 N–H and O–H groups in total. The molecule has 5 unspecified atom stereocenters. The van der Waals surface area contributed by atoms with Crippen LogP contribution in [0.15, 0.2) is 60.9 Å². The van der Waals surface area contributed by atoms with Gasteiger partial charge in [0.25, 0.3) is 5.91 Å². The van der Waals surface area contributed by atoms with Crippen LogP contribution in [0.5, 0.6) is 5.75 Å². The predicted molar refractivity (Wildman–Crippen MR) is 304 cm³/mol. The van der Waals surface area contributed by atoms with Crippen molar-refractivity contribution >= 4 is 23.1 Å². The van der Waals surface area contributed by atoms with Gasteiger partial charge in [-0.15, -0.1) is 0 Å². The topological polar surface area (TPSA) is 193 Å². The van der Waals surface area contributed by atoms with Crippen LogP contribution in [0.3, 0.4) is 0 Å². The van der Waals surface area contributed by atoms with Crippen molar-refractivity contribution in [1.82, 2.24) is 24.5 Å². The summed E-state index contributed by atoms with van der Waals surface area (Å²) in [6.07, 6.45) is 0.895. The number of ether oxygens (including phenoxy) is 12. The zero-order valence-electron chi connectivity index (χ0n) is 48.9. The highest BCUT2D eigenvalue weighted by molar-refractivity contribution is 6.04. The maximum absolute atomic E-state index is 14.2. The summed E-state index contributed by atoms with van der Waals surface area (Å²) < 4.78 is 113. The average molecular weight is 1180 g/mol. The average Bonchev–Trinajstić information content (AvgIpc) is 2.52. The molecule has 0 spiro atoms. The molecule has 20 nitrogen and oxygen atoms in total. The molecular weight excluding hydrogens is 1100 g/mol. The number of hydrogen-bond donors (Lipinski definition) is 2. The van der Waals surface area contributed by atoms with Gasteiger partial charge in [0, 0.05) is 74.3 Å². The number of fused-ring (bicyclic) bond motifs is 6. The van der Waals surface area contributed by atoms with Crippen LogP contribution in [-0.4, -0.2) is 214 Å². The summed E-state index contributed by atoms with van der Waals surface area (Å²) in [7, 11) is 2.00. The van der Waals surface area contributed by atoms with Crippen LogP contribution in [0.2, 0.25) is 0 Å². The van der Waals surface area contributed by atoms with E-state index in [1.54, 1.807) is 36.5 Å². The molecular formula is C61H83F3N6O14. The lowest BCUT2D eigenvalue weighted by Gasteiger charge is -2.33. The number of aryl methyl sites for hydroxylation is 1. The second-order valence-electron chi connectivity index (χ2n) is 21.6. The minimum absolute atomic E-state index is 0.0135. The van der Waals surface area contributed by atoms with Gasteiger partial charge in [0.15, 0.2) is 5.79 Å². The molecule has 462 valence electrons. The Bertz CT molecular complexity index is 2750. The van der Waals surface area contributed by atoms with E-state index in [4.69, 9.17) is 56.8 Å². The molecule has 2 aromatic carbocycles. The molecule has 4 heterocycles. The number of pyridine rings is 1. The van der Waals surface area contributed by atoms with Crippen LogP contribution in [0, 0.1) is 36.5 Å². The number of alkyl halides is 3. The SMILES string of the molecule is Cc1ccc(C(=O)Nc2ccc(CN3CCN(C)CC3)c(C(F)(F)F)c2)cc1C#Cc1cnc2cc(OCCOCCOCCOCCOCCOCCOCCOCCOCCOCCNC(=O)C3CC4CC3C3OC(C)(C)OC43)ccn12. The summed E-state index contributed by atoms with van der Waals surface area (Å²) in [5, 5.41) is 5.67. The van der Waals surface area contributed by atoms with E-state index in [0.717, 1.165) is 37.6 Å². The van der Waals surface area contributed by atoms with E-state index in [1.807, 2.05) is 43.3 Å². The van der Waals surface area contributed by atoms with Gasteiger partial charge in [-0.2, -0.15) is 13.2 Å². The molecule has 2 saturated carbocycles. The number of likely N-dealkylation sites (N-methyl/N-ethyl adjacent to an activating group) is 1. The van der Waals surface area contributed by atoms with E-state index < -0.39 is 23.4 Å². The minimum atomic E-state index is -4.58. The Morgan fingerprint density at radius 3 is 1.86 bits per heavy atom.